The van der Waals surface area contributed by atoms with E-state index in [1.807, 2.05) is 4.98 Å². The summed E-state index contributed by atoms with van der Waals surface area (Å²) in [6, 6.07) is 0. The Balaban J connectivity index is 3.43. The van der Waals surface area contributed by atoms with Gasteiger partial charge < -0.3 is 16.5 Å². The number of hydrogen-bond donors (Lipinski definition) is 3. The van der Waals surface area contributed by atoms with Gasteiger partial charge in [-0.3, -0.25) is 4.79 Å². The molecule has 6 heteroatoms. The molecule has 1 rings (SSSR count). The van der Waals surface area contributed by atoms with Crippen molar-refractivity contribution in [1.82, 2.24) is 4.98 Å². The second-order valence-electron chi connectivity index (χ2n) is 2.20. The van der Waals surface area contributed by atoms with Gasteiger partial charge in [0.2, 0.25) is 0 Å². The van der Waals surface area contributed by atoms with E-state index in [2.05, 4.69) is 0 Å². The van der Waals surface area contributed by atoms with E-state index in [0.717, 1.165) is 6.20 Å². The van der Waals surface area contributed by atoms with Crippen molar-refractivity contribution in [3.63, 3.8) is 0 Å². The predicted octanol–water partition coefficient (Wildman–Crippen LogP) is 0.477. The van der Waals surface area contributed by atoms with Crippen molar-refractivity contribution in [2.24, 2.45) is 0 Å². The zero-order valence-corrected chi connectivity index (χ0v) is 5.97. The normalized spacial score (nSPS) is 10.6. The average Bonchev–Trinajstić information content (AvgIpc) is 1.97. The quantitative estimate of drug-likeness (QED) is 0.580. The maximum Gasteiger partial charge on any atom is 0.271 e. The number of aromatic amines is 1. The molecule has 0 radical (unpaired) electrons. The standard InChI is InChI=1S/C6H7F2N3O/c7-5(8)3-4(10)2(9)1-11-6(3)12/h1,5H,9H2,(H3,10,11,12). The number of H-pyrrole nitrogens is 1. The van der Waals surface area contributed by atoms with Crippen LogP contribution in [0.4, 0.5) is 20.2 Å². The number of pyridine rings is 1. The van der Waals surface area contributed by atoms with E-state index in [-0.39, 0.29) is 11.4 Å². The van der Waals surface area contributed by atoms with Gasteiger partial charge in [-0.2, -0.15) is 0 Å². The van der Waals surface area contributed by atoms with Gasteiger partial charge >= 0.3 is 0 Å². The van der Waals surface area contributed by atoms with Crippen LogP contribution in [0.5, 0.6) is 0 Å². The molecule has 0 aliphatic heterocycles. The molecule has 66 valence electrons. The Bertz CT molecular complexity index is 347. The van der Waals surface area contributed by atoms with Crippen LogP contribution in [0.25, 0.3) is 0 Å². The van der Waals surface area contributed by atoms with Gasteiger partial charge in [-0.15, -0.1) is 0 Å². The number of nitrogen functional groups attached to an aromatic ring is 2. The Morgan fingerprint density at radius 1 is 1.42 bits per heavy atom. The van der Waals surface area contributed by atoms with E-state index in [4.69, 9.17) is 11.5 Å². The monoisotopic (exact) mass is 175 g/mol. The number of anilines is 2. The fourth-order valence-electron chi connectivity index (χ4n) is 0.793. The van der Waals surface area contributed by atoms with Crippen LogP contribution < -0.4 is 17.0 Å². The van der Waals surface area contributed by atoms with Crippen molar-refractivity contribution in [3.05, 3.63) is 22.1 Å². The molecule has 1 aromatic heterocycles. The third-order valence-electron chi connectivity index (χ3n) is 1.42. The highest BCUT2D eigenvalue weighted by atomic mass is 19.3. The Morgan fingerprint density at radius 2 is 2.00 bits per heavy atom. The maximum absolute atomic E-state index is 12.1. The Hall–Kier alpha value is -1.59. The summed E-state index contributed by atoms with van der Waals surface area (Å²) in [7, 11) is 0. The molecule has 0 aliphatic rings. The molecule has 0 aromatic carbocycles. The molecule has 0 amide bonds. The van der Waals surface area contributed by atoms with Gasteiger partial charge in [0.25, 0.3) is 12.0 Å². The van der Waals surface area contributed by atoms with E-state index in [9.17, 15) is 13.6 Å². The number of rotatable bonds is 1. The first kappa shape index (κ1) is 8.51. The van der Waals surface area contributed by atoms with Gasteiger partial charge in [0, 0.05) is 6.20 Å². The minimum Gasteiger partial charge on any atom is -0.396 e. The SMILES string of the molecule is Nc1c[nH]c(=O)c(C(F)F)c1N. The second-order valence-corrected chi connectivity index (χ2v) is 2.20. The largest absolute Gasteiger partial charge is 0.396 e. The number of halogens is 2. The molecule has 1 heterocycles. The van der Waals surface area contributed by atoms with Crippen LogP contribution in [0.2, 0.25) is 0 Å². The zero-order chi connectivity index (χ0) is 9.30. The minimum atomic E-state index is -2.91. The lowest BCUT2D eigenvalue weighted by Crippen LogP contribution is -2.16. The van der Waals surface area contributed by atoms with E-state index < -0.39 is 17.5 Å². The number of hydrogen-bond acceptors (Lipinski definition) is 3. The smallest absolute Gasteiger partial charge is 0.271 e. The van der Waals surface area contributed by atoms with Gasteiger partial charge in [0.05, 0.1) is 11.4 Å². The van der Waals surface area contributed by atoms with Crippen molar-refractivity contribution in [3.8, 4) is 0 Å². The second kappa shape index (κ2) is 2.80. The van der Waals surface area contributed by atoms with E-state index in [0.29, 0.717) is 0 Å². The Morgan fingerprint density at radius 3 is 2.42 bits per heavy atom. The lowest BCUT2D eigenvalue weighted by molar-refractivity contribution is 0.150. The van der Waals surface area contributed by atoms with E-state index in [1.54, 1.807) is 0 Å². The van der Waals surface area contributed by atoms with Gasteiger partial charge in [-0.05, 0) is 0 Å². The zero-order valence-electron chi connectivity index (χ0n) is 5.97. The van der Waals surface area contributed by atoms with Crippen molar-refractivity contribution in [2.45, 2.75) is 6.43 Å². The number of alkyl halides is 2. The first-order valence-electron chi connectivity index (χ1n) is 3.08. The van der Waals surface area contributed by atoms with Crippen LogP contribution in [0, 0.1) is 0 Å². The summed E-state index contributed by atoms with van der Waals surface area (Å²) in [6.45, 7) is 0. The van der Waals surface area contributed by atoms with Crippen molar-refractivity contribution >= 4 is 11.4 Å². The van der Waals surface area contributed by atoms with Crippen LogP contribution in [0.3, 0.4) is 0 Å². The van der Waals surface area contributed by atoms with Crippen molar-refractivity contribution < 1.29 is 8.78 Å². The third-order valence-corrected chi connectivity index (χ3v) is 1.42. The lowest BCUT2D eigenvalue weighted by Gasteiger charge is -2.04. The molecule has 0 fully saturated rings. The highest BCUT2D eigenvalue weighted by Gasteiger charge is 2.17. The molecule has 12 heavy (non-hydrogen) atoms. The van der Waals surface area contributed by atoms with Crippen LogP contribution in [-0.4, -0.2) is 4.98 Å². The molecule has 0 atom stereocenters. The Kier molecular flexibility index (Phi) is 1.99. The molecule has 0 unspecified atom stereocenters. The van der Waals surface area contributed by atoms with Gasteiger partial charge in [-0.25, -0.2) is 8.78 Å². The predicted molar refractivity (Wildman–Crippen MR) is 40.8 cm³/mol. The molecular weight excluding hydrogens is 168 g/mol. The third kappa shape index (κ3) is 1.23. The Labute approximate surface area is 66.2 Å². The molecule has 0 aliphatic carbocycles. The summed E-state index contributed by atoms with van der Waals surface area (Å²) >= 11 is 0. The molecule has 0 spiro atoms. The van der Waals surface area contributed by atoms with Crippen LogP contribution in [-0.2, 0) is 0 Å². The van der Waals surface area contributed by atoms with Crippen LogP contribution in [0.15, 0.2) is 11.0 Å². The summed E-state index contributed by atoms with van der Waals surface area (Å²) < 4.78 is 24.2. The fourth-order valence-corrected chi connectivity index (χ4v) is 0.793. The fraction of sp³-hybridized carbons (Fsp3) is 0.167. The topological polar surface area (TPSA) is 84.9 Å². The maximum atomic E-state index is 12.1. The molecule has 0 saturated carbocycles. The summed E-state index contributed by atoms with van der Waals surface area (Å²) in [6.07, 6.45) is -1.82. The molecule has 5 N–H and O–H groups in total. The minimum absolute atomic E-state index is 0.0510. The van der Waals surface area contributed by atoms with Gasteiger partial charge in [0.1, 0.15) is 5.56 Å². The van der Waals surface area contributed by atoms with E-state index in [1.165, 1.54) is 0 Å². The van der Waals surface area contributed by atoms with Crippen molar-refractivity contribution in [1.29, 1.82) is 0 Å². The summed E-state index contributed by atoms with van der Waals surface area (Å²) in [5, 5.41) is 0. The van der Waals surface area contributed by atoms with Gasteiger partial charge in [0.15, 0.2) is 0 Å². The highest BCUT2D eigenvalue weighted by molar-refractivity contribution is 5.65. The molecule has 1 aromatic rings. The molecule has 0 bridgehead atoms. The molecule has 4 nitrogen and oxygen atoms in total. The van der Waals surface area contributed by atoms with Crippen molar-refractivity contribution in [2.75, 3.05) is 11.5 Å². The summed E-state index contributed by atoms with van der Waals surface area (Å²) in [5.74, 6) is 0. The summed E-state index contributed by atoms with van der Waals surface area (Å²) in [5.41, 5.74) is 8.28. The number of aromatic nitrogens is 1. The van der Waals surface area contributed by atoms with Gasteiger partial charge in [-0.1, -0.05) is 0 Å². The first-order chi connectivity index (χ1) is 5.54. The lowest BCUT2D eigenvalue weighted by atomic mass is 10.2. The van der Waals surface area contributed by atoms with Crippen LogP contribution in [0.1, 0.15) is 12.0 Å². The number of nitrogens with one attached hydrogen (secondary N) is 1. The molecule has 0 saturated heterocycles. The first-order valence-corrected chi connectivity index (χ1v) is 3.08. The highest BCUT2D eigenvalue weighted by Crippen LogP contribution is 2.24. The average molecular weight is 175 g/mol. The number of nitrogens with two attached hydrogens (primary N) is 2. The summed E-state index contributed by atoms with van der Waals surface area (Å²) in [4.78, 5) is 12.8. The van der Waals surface area contributed by atoms with E-state index >= 15 is 0 Å². The van der Waals surface area contributed by atoms with Crippen LogP contribution >= 0.6 is 0 Å². The molecular formula is C6H7F2N3O.